The number of aliphatic hydroxyl groups is 2. The van der Waals surface area contributed by atoms with E-state index in [1.807, 2.05) is 13.0 Å². The van der Waals surface area contributed by atoms with Gasteiger partial charge in [0.25, 0.3) is 0 Å². The predicted molar refractivity (Wildman–Crippen MR) is 89.1 cm³/mol. The maximum absolute atomic E-state index is 12.9. The van der Waals surface area contributed by atoms with Crippen LogP contribution >= 0.6 is 0 Å². The van der Waals surface area contributed by atoms with Gasteiger partial charge < -0.3 is 24.4 Å². The SMILES string of the molecule is C[C@@]12CC[C@@H]3C(=C[C@H]4OC(=O)[C@]5(C)[C@H]4[C@@]34CO[C@@]5(O)C[C@H]4O)[C@@H]1OCC2=O. The molecule has 0 amide bonds. The molecule has 4 aliphatic heterocycles. The van der Waals surface area contributed by atoms with Crippen LogP contribution in [0.2, 0.25) is 0 Å². The third kappa shape index (κ3) is 1.48. The number of rotatable bonds is 0. The monoisotopic (exact) mass is 376 g/mol. The first-order valence-electron chi connectivity index (χ1n) is 9.80. The van der Waals surface area contributed by atoms with Gasteiger partial charge in [0.1, 0.15) is 18.1 Å². The molecule has 6 fully saturated rings. The number of Topliss-reactive ketones (excluding diaryl/α,β-unsaturated/α-hetero) is 1. The van der Waals surface area contributed by atoms with E-state index in [1.165, 1.54) is 0 Å². The van der Waals surface area contributed by atoms with Gasteiger partial charge in [-0.1, -0.05) is 0 Å². The van der Waals surface area contributed by atoms with Crippen molar-refractivity contribution in [2.45, 2.75) is 57.2 Å². The third-order valence-electron chi connectivity index (χ3n) is 8.92. The zero-order valence-corrected chi connectivity index (χ0v) is 15.4. The van der Waals surface area contributed by atoms with Crippen molar-refractivity contribution in [3.8, 4) is 0 Å². The molecule has 2 saturated carbocycles. The summed E-state index contributed by atoms with van der Waals surface area (Å²) in [6.45, 7) is 3.94. The average molecular weight is 376 g/mol. The van der Waals surface area contributed by atoms with Crippen LogP contribution in [-0.4, -0.2) is 59.3 Å². The summed E-state index contributed by atoms with van der Waals surface area (Å²) in [5.74, 6) is -2.48. The van der Waals surface area contributed by atoms with Crippen molar-refractivity contribution in [1.82, 2.24) is 0 Å². The van der Waals surface area contributed by atoms with Crippen molar-refractivity contribution in [2.24, 2.45) is 28.1 Å². The van der Waals surface area contributed by atoms with Crippen LogP contribution in [0.15, 0.2) is 11.6 Å². The lowest BCUT2D eigenvalue weighted by molar-refractivity contribution is -0.391. The number of carbonyl (C=O) groups is 2. The second-order valence-electron chi connectivity index (χ2n) is 9.74. The average Bonchev–Trinajstić information content (AvgIpc) is 3.06. The van der Waals surface area contributed by atoms with E-state index in [0.717, 1.165) is 12.0 Å². The van der Waals surface area contributed by atoms with Crippen molar-refractivity contribution in [3.05, 3.63) is 11.6 Å². The molecule has 0 unspecified atom stereocenters. The molecule has 0 aromatic rings. The number of hydrogen-bond acceptors (Lipinski definition) is 7. The third-order valence-corrected chi connectivity index (χ3v) is 8.92. The second kappa shape index (κ2) is 4.48. The van der Waals surface area contributed by atoms with E-state index in [0.29, 0.717) is 6.42 Å². The highest BCUT2D eigenvalue weighted by molar-refractivity contribution is 5.89. The molecule has 0 aromatic carbocycles. The van der Waals surface area contributed by atoms with Gasteiger partial charge in [0.05, 0.1) is 24.2 Å². The van der Waals surface area contributed by atoms with E-state index < -0.39 is 40.2 Å². The van der Waals surface area contributed by atoms with Crippen molar-refractivity contribution in [3.63, 3.8) is 0 Å². The molecule has 0 aromatic heterocycles. The number of ketones is 1. The fraction of sp³-hybridized carbons (Fsp3) is 0.800. The summed E-state index contributed by atoms with van der Waals surface area (Å²) in [6.07, 6.45) is 1.65. The summed E-state index contributed by atoms with van der Waals surface area (Å²) < 4.78 is 17.5. The van der Waals surface area contributed by atoms with Crippen molar-refractivity contribution >= 4 is 11.8 Å². The topological polar surface area (TPSA) is 102 Å². The number of aliphatic hydroxyl groups excluding tert-OH is 1. The lowest BCUT2D eigenvalue weighted by Gasteiger charge is -2.67. The molecule has 4 saturated heterocycles. The molecule has 7 heteroatoms. The quantitative estimate of drug-likeness (QED) is 0.464. The minimum atomic E-state index is -1.71. The summed E-state index contributed by atoms with van der Waals surface area (Å²) in [4.78, 5) is 25.3. The number of carbonyl (C=O) groups excluding carboxylic acids is 2. The van der Waals surface area contributed by atoms with E-state index >= 15 is 0 Å². The van der Waals surface area contributed by atoms with Crippen LogP contribution in [0, 0.1) is 28.1 Å². The summed E-state index contributed by atoms with van der Waals surface area (Å²) in [5.41, 5.74) is -1.52. The molecule has 3 aliphatic carbocycles. The van der Waals surface area contributed by atoms with Crippen LogP contribution in [0.3, 0.4) is 0 Å². The molecule has 27 heavy (non-hydrogen) atoms. The molecule has 2 N–H and O–H groups in total. The molecule has 9 atom stereocenters. The summed E-state index contributed by atoms with van der Waals surface area (Å²) in [7, 11) is 0. The molecular weight excluding hydrogens is 352 g/mol. The molecule has 7 nitrogen and oxygen atoms in total. The first-order chi connectivity index (χ1) is 12.7. The Hall–Kier alpha value is -1.28. The maximum atomic E-state index is 12.9. The van der Waals surface area contributed by atoms with Crippen molar-refractivity contribution < 1.29 is 34.0 Å². The van der Waals surface area contributed by atoms with Crippen LogP contribution in [0.5, 0.6) is 0 Å². The Bertz CT molecular complexity index is 821. The molecular formula is C20H24O7. The molecule has 2 bridgehead atoms. The minimum Gasteiger partial charge on any atom is -0.457 e. The first-order valence-corrected chi connectivity index (χ1v) is 9.80. The van der Waals surface area contributed by atoms with Gasteiger partial charge in [-0.25, -0.2) is 0 Å². The summed E-state index contributed by atoms with van der Waals surface area (Å²) >= 11 is 0. The lowest BCUT2D eigenvalue weighted by Crippen LogP contribution is -2.76. The summed E-state index contributed by atoms with van der Waals surface area (Å²) in [6, 6.07) is 0. The highest BCUT2D eigenvalue weighted by Crippen LogP contribution is 2.72. The predicted octanol–water partition coefficient (Wildman–Crippen LogP) is 0.328. The zero-order valence-electron chi connectivity index (χ0n) is 15.4. The largest absolute Gasteiger partial charge is 0.457 e. The number of hydrogen-bond donors (Lipinski definition) is 2. The van der Waals surface area contributed by atoms with Gasteiger partial charge in [-0.2, -0.15) is 0 Å². The van der Waals surface area contributed by atoms with Gasteiger partial charge >= 0.3 is 5.97 Å². The van der Waals surface area contributed by atoms with Crippen LogP contribution in [-0.2, 0) is 23.8 Å². The fourth-order valence-electron chi connectivity index (χ4n) is 7.36. The molecule has 146 valence electrons. The highest BCUT2D eigenvalue weighted by Gasteiger charge is 2.82. The van der Waals surface area contributed by atoms with Crippen LogP contribution in [0.25, 0.3) is 0 Å². The van der Waals surface area contributed by atoms with Gasteiger partial charge in [0.2, 0.25) is 0 Å². The van der Waals surface area contributed by atoms with Crippen LogP contribution in [0.1, 0.15) is 33.1 Å². The molecule has 1 spiro atoms. The Morgan fingerprint density at radius 1 is 1.26 bits per heavy atom. The molecule has 7 rings (SSSR count). The van der Waals surface area contributed by atoms with E-state index in [1.54, 1.807) is 6.92 Å². The van der Waals surface area contributed by atoms with Gasteiger partial charge in [0.15, 0.2) is 11.6 Å². The fourth-order valence-corrected chi connectivity index (χ4v) is 7.36. The van der Waals surface area contributed by atoms with E-state index in [4.69, 9.17) is 14.2 Å². The lowest BCUT2D eigenvalue weighted by atomic mass is 9.41. The summed E-state index contributed by atoms with van der Waals surface area (Å²) in [5, 5.41) is 22.3. The minimum absolute atomic E-state index is 0.00662. The number of esters is 1. The standard InChI is InChI=1S/C20H24O7/c1-17-4-3-10-9(15(17)25-7-13(17)22)5-11-14-18(2,16(23)27-11)20(24)6-12(21)19(10,14)8-26-20/h5,10-12,14-15,21,24H,3-4,6-8H2,1-2H3/t10-,11-,12-,14+,15+,17+,18+,19+,20+/m1/s1. The molecule has 0 radical (unpaired) electrons. The van der Waals surface area contributed by atoms with Crippen molar-refractivity contribution in [2.75, 3.05) is 13.2 Å². The maximum Gasteiger partial charge on any atom is 0.318 e. The van der Waals surface area contributed by atoms with Crippen LogP contribution < -0.4 is 0 Å². The Labute approximate surface area is 156 Å². The second-order valence-corrected chi connectivity index (χ2v) is 9.74. The highest BCUT2D eigenvalue weighted by atomic mass is 16.6. The Morgan fingerprint density at radius 2 is 2.04 bits per heavy atom. The Balaban J connectivity index is 1.57. The molecule has 4 heterocycles. The van der Waals surface area contributed by atoms with Crippen LogP contribution in [0.4, 0.5) is 0 Å². The smallest absolute Gasteiger partial charge is 0.318 e. The number of ether oxygens (including phenoxy) is 3. The van der Waals surface area contributed by atoms with E-state index in [9.17, 15) is 19.8 Å². The van der Waals surface area contributed by atoms with Gasteiger partial charge in [-0.3, -0.25) is 9.59 Å². The molecule has 7 aliphatic rings. The van der Waals surface area contributed by atoms with Gasteiger partial charge in [-0.15, -0.1) is 0 Å². The Morgan fingerprint density at radius 3 is 2.78 bits per heavy atom. The zero-order chi connectivity index (χ0) is 19.0. The Kier molecular flexibility index (Phi) is 2.76. The normalized spacial score (nSPS) is 60.4. The van der Waals surface area contributed by atoms with Gasteiger partial charge in [-0.05, 0) is 44.3 Å². The van der Waals surface area contributed by atoms with Gasteiger partial charge in [0, 0.05) is 17.8 Å². The van der Waals surface area contributed by atoms with E-state index in [-0.39, 0.29) is 43.4 Å². The van der Waals surface area contributed by atoms with Crippen molar-refractivity contribution in [1.29, 1.82) is 0 Å². The van der Waals surface area contributed by atoms with E-state index in [2.05, 4.69) is 0 Å². The first kappa shape index (κ1) is 16.7. The number of fused-ring (bicyclic) bond motifs is 5.